The molecular formula is C12H28O3Si2. The van der Waals surface area contributed by atoms with Gasteiger partial charge in [0, 0.05) is 0 Å². The average Bonchev–Trinajstić information content (AvgIpc) is 2.08. The fourth-order valence-electron chi connectivity index (χ4n) is 1.38. The molecule has 0 spiro atoms. The van der Waals surface area contributed by atoms with Gasteiger partial charge in [-0.05, 0) is 52.3 Å². The summed E-state index contributed by atoms with van der Waals surface area (Å²) in [7, 11) is -1.51. The van der Waals surface area contributed by atoms with E-state index in [9.17, 15) is 0 Å². The van der Waals surface area contributed by atoms with Gasteiger partial charge >= 0.3 is 0 Å². The van der Waals surface area contributed by atoms with Crippen LogP contribution in [0.3, 0.4) is 0 Å². The maximum atomic E-state index is 6.08. The first-order valence-electron chi connectivity index (χ1n) is 6.12. The molecule has 0 unspecified atom stereocenters. The molecule has 0 saturated carbocycles. The van der Waals surface area contributed by atoms with E-state index in [1.54, 1.807) is 7.11 Å². The van der Waals surface area contributed by atoms with Crippen LogP contribution in [0.2, 0.25) is 39.3 Å². The lowest BCUT2D eigenvalue weighted by molar-refractivity contribution is -0.0152. The summed E-state index contributed by atoms with van der Waals surface area (Å²) in [6, 6.07) is 0. The molecule has 17 heavy (non-hydrogen) atoms. The third-order valence-corrected chi connectivity index (χ3v) is 3.86. The Hall–Kier alpha value is -0.106. The van der Waals surface area contributed by atoms with E-state index in [0.717, 1.165) is 5.76 Å². The van der Waals surface area contributed by atoms with Gasteiger partial charge in [-0.2, -0.15) is 0 Å². The molecule has 0 atom stereocenters. The molecule has 0 fully saturated rings. The van der Waals surface area contributed by atoms with Crippen LogP contribution >= 0.6 is 0 Å². The van der Waals surface area contributed by atoms with Gasteiger partial charge in [-0.25, -0.2) is 0 Å². The highest BCUT2D eigenvalue weighted by Gasteiger charge is 2.27. The molecule has 0 radical (unpaired) electrons. The highest BCUT2D eigenvalue weighted by Crippen LogP contribution is 2.20. The van der Waals surface area contributed by atoms with E-state index >= 15 is 0 Å². The van der Waals surface area contributed by atoms with Crippen molar-refractivity contribution in [1.29, 1.82) is 0 Å². The average molecular weight is 277 g/mol. The van der Waals surface area contributed by atoms with Crippen LogP contribution in [0.25, 0.3) is 0 Å². The largest absolute Gasteiger partial charge is 0.501 e. The third-order valence-electron chi connectivity index (χ3n) is 1.92. The van der Waals surface area contributed by atoms with Gasteiger partial charge in [0.15, 0.2) is 16.6 Å². The first-order valence-corrected chi connectivity index (χ1v) is 12.9. The van der Waals surface area contributed by atoms with E-state index < -0.39 is 16.6 Å². The van der Waals surface area contributed by atoms with Gasteiger partial charge in [0.1, 0.15) is 6.29 Å². The number of hydrogen-bond acceptors (Lipinski definition) is 3. The maximum Gasteiger partial charge on any atom is 0.187 e. The molecule has 0 amide bonds. The highest BCUT2D eigenvalue weighted by molar-refractivity contribution is 6.70. The Morgan fingerprint density at radius 1 is 1.00 bits per heavy atom. The molecule has 0 aliphatic rings. The lowest BCUT2D eigenvalue weighted by Crippen LogP contribution is -2.40. The van der Waals surface area contributed by atoms with Gasteiger partial charge in [-0.3, -0.25) is 0 Å². The predicted octanol–water partition coefficient (Wildman–Crippen LogP) is 3.96. The van der Waals surface area contributed by atoms with Crippen molar-refractivity contribution in [2.45, 2.75) is 58.9 Å². The van der Waals surface area contributed by atoms with Crippen molar-refractivity contribution < 1.29 is 13.6 Å². The number of ether oxygens (including phenoxy) is 1. The minimum absolute atomic E-state index is 0.167. The van der Waals surface area contributed by atoms with Crippen LogP contribution in [0.5, 0.6) is 0 Å². The van der Waals surface area contributed by atoms with E-state index in [2.05, 4.69) is 39.3 Å². The molecule has 0 aliphatic heterocycles. The van der Waals surface area contributed by atoms with Crippen molar-refractivity contribution in [2.24, 2.45) is 0 Å². The van der Waals surface area contributed by atoms with E-state index in [1.165, 1.54) is 0 Å². The summed E-state index contributed by atoms with van der Waals surface area (Å²) in [5.41, 5.74) is 0. The summed E-state index contributed by atoms with van der Waals surface area (Å²) in [6.45, 7) is 15.0. The molecular weight excluding hydrogens is 248 g/mol. The smallest absolute Gasteiger partial charge is 0.187 e. The molecule has 0 aromatic rings. The zero-order valence-electron chi connectivity index (χ0n) is 12.6. The van der Waals surface area contributed by atoms with Crippen LogP contribution in [0.4, 0.5) is 0 Å². The Morgan fingerprint density at radius 2 is 1.41 bits per heavy atom. The number of hydrogen-bond donors (Lipinski definition) is 0. The van der Waals surface area contributed by atoms with Gasteiger partial charge in [0.2, 0.25) is 0 Å². The Morgan fingerprint density at radius 3 is 1.65 bits per heavy atom. The lowest BCUT2D eigenvalue weighted by Gasteiger charge is -2.31. The summed E-state index contributed by atoms with van der Waals surface area (Å²) in [4.78, 5) is 0. The van der Waals surface area contributed by atoms with Gasteiger partial charge in [-0.1, -0.05) is 0 Å². The second-order valence-corrected chi connectivity index (χ2v) is 15.0. The second-order valence-electron chi connectivity index (χ2n) is 6.05. The summed E-state index contributed by atoms with van der Waals surface area (Å²) in [5, 5.41) is 0. The zero-order valence-corrected chi connectivity index (χ0v) is 14.6. The number of methoxy groups -OCH3 is 1. The summed E-state index contributed by atoms with van der Waals surface area (Å²) in [6.07, 6.45) is 2.50. The molecule has 0 aromatic carbocycles. The molecule has 0 aromatic heterocycles. The Labute approximate surface area is 108 Å². The molecule has 3 nitrogen and oxygen atoms in total. The van der Waals surface area contributed by atoms with Gasteiger partial charge in [0.05, 0.1) is 19.3 Å². The van der Waals surface area contributed by atoms with Gasteiger partial charge in [-0.15, -0.1) is 0 Å². The summed E-state index contributed by atoms with van der Waals surface area (Å²) < 4.78 is 17.4. The van der Waals surface area contributed by atoms with Crippen LogP contribution in [0, 0.1) is 0 Å². The topological polar surface area (TPSA) is 27.7 Å². The predicted molar refractivity (Wildman–Crippen MR) is 78.0 cm³/mol. The zero-order chi connectivity index (χ0) is 13.7. The molecule has 0 rings (SSSR count). The van der Waals surface area contributed by atoms with Crippen molar-refractivity contribution in [3.63, 3.8) is 0 Å². The van der Waals surface area contributed by atoms with Crippen LogP contribution in [-0.4, -0.2) is 30.0 Å². The molecule has 0 saturated heterocycles. The molecule has 0 N–H and O–H groups in total. The fraction of sp³-hybridized carbons (Fsp3) is 0.833. The van der Waals surface area contributed by atoms with Crippen molar-refractivity contribution in [2.75, 3.05) is 7.11 Å². The molecule has 0 bridgehead atoms. The molecule has 102 valence electrons. The van der Waals surface area contributed by atoms with Crippen LogP contribution in [0.15, 0.2) is 11.8 Å². The highest BCUT2D eigenvalue weighted by atomic mass is 28.4. The van der Waals surface area contributed by atoms with E-state index in [1.807, 2.05) is 13.0 Å². The van der Waals surface area contributed by atoms with Crippen LogP contribution in [-0.2, 0) is 13.6 Å². The Balaban J connectivity index is 4.62. The fourth-order valence-corrected chi connectivity index (χ4v) is 3.32. The molecule has 0 heterocycles. The Bertz CT molecular complexity index is 235. The standard InChI is InChI=1S/C12H28O3Si2/c1-9-11(13-2)10-12(14-16(3,4)5)15-17(6,7)8/h9,12H,10H2,1-8H3. The number of allylic oxidation sites excluding steroid dienone is 1. The third kappa shape index (κ3) is 9.58. The van der Waals surface area contributed by atoms with E-state index in [-0.39, 0.29) is 6.29 Å². The lowest BCUT2D eigenvalue weighted by atomic mass is 10.3. The summed E-state index contributed by atoms with van der Waals surface area (Å²) >= 11 is 0. The second kappa shape index (κ2) is 6.73. The summed E-state index contributed by atoms with van der Waals surface area (Å²) in [5.74, 6) is 0.923. The van der Waals surface area contributed by atoms with Crippen molar-refractivity contribution >= 4 is 16.6 Å². The first-order chi connectivity index (χ1) is 7.57. The molecule has 0 aliphatic carbocycles. The minimum Gasteiger partial charge on any atom is -0.501 e. The quantitative estimate of drug-likeness (QED) is 0.400. The number of rotatable bonds is 7. The monoisotopic (exact) mass is 276 g/mol. The maximum absolute atomic E-state index is 6.08. The molecule has 5 heteroatoms. The first kappa shape index (κ1) is 16.9. The minimum atomic E-state index is -1.60. The van der Waals surface area contributed by atoms with Gasteiger partial charge in [0.25, 0.3) is 0 Å². The van der Waals surface area contributed by atoms with E-state index in [0.29, 0.717) is 6.42 Å². The Kier molecular flexibility index (Phi) is 6.68. The SMILES string of the molecule is CC=C(CC(O[Si](C)(C)C)O[Si](C)(C)C)OC. The van der Waals surface area contributed by atoms with Crippen molar-refractivity contribution in [1.82, 2.24) is 0 Å². The van der Waals surface area contributed by atoms with E-state index in [4.69, 9.17) is 13.6 Å². The van der Waals surface area contributed by atoms with Gasteiger partial charge < -0.3 is 13.6 Å². The van der Waals surface area contributed by atoms with Crippen LogP contribution < -0.4 is 0 Å². The van der Waals surface area contributed by atoms with Crippen LogP contribution in [0.1, 0.15) is 13.3 Å². The van der Waals surface area contributed by atoms with Crippen molar-refractivity contribution in [3.8, 4) is 0 Å². The normalized spacial score (nSPS) is 14.3. The van der Waals surface area contributed by atoms with Crippen molar-refractivity contribution in [3.05, 3.63) is 11.8 Å².